The number of anilines is 1. The highest BCUT2D eigenvalue weighted by Gasteiger charge is 2.37. The van der Waals surface area contributed by atoms with Gasteiger partial charge < -0.3 is 15.7 Å². The van der Waals surface area contributed by atoms with Crippen LogP contribution < -0.4 is 10.6 Å². The monoisotopic (exact) mass is 276 g/mol. The maximum atomic E-state index is 12.4. The van der Waals surface area contributed by atoms with E-state index in [1.807, 2.05) is 13.8 Å². The number of carbonyl (C=O) groups is 2. The van der Waals surface area contributed by atoms with Gasteiger partial charge in [-0.3, -0.25) is 9.59 Å². The molecule has 0 spiro atoms. The van der Waals surface area contributed by atoms with Gasteiger partial charge in [0.25, 0.3) is 0 Å². The van der Waals surface area contributed by atoms with Crippen LogP contribution in [0, 0.1) is 5.92 Å². The molecule has 5 nitrogen and oxygen atoms in total. The van der Waals surface area contributed by atoms with Crippen molar-refractivity contribution in [3.8, 4) is 0 Å². The lowest BCUT2D eigenvalue weighted by atomic mass is 10.0. The molecule has 1 aliphatic heterocycles. The standard InChI is InChI=1S/C15H20N2O3/c1-9(2)7-12(16)14(18)17-8-11(15(19)20)10-5-3-4-6-13(10)17/h3-6,9,11-12H,7-8,16H2,1-2H3,(H,19,20)/t11?,12-/m0/s1. The highest BCUT2D eigenvalue weighted by atomic mass is 16.4. The first-order valence-corrected chi connectivity index (χ1v) is 6.80. The Morgan fingerprint density at radius 3 is 2.65 bits per heavy atom. The van der Waals surface area contributed by atoms with Crippen LogP contribution >= 0.6 is 0 Å². The van der Waals surface area contributed by atoms with Crippen molar-refractivity contribution >= 4 is 17.6 Å². The molecule has 108 valence electrons. The average molecular weight is 276 g/mol. The number of nitrogens with zero attached hydrogens (tertiary/aromatic N) is 1. The van der Waals surface area contributed by atoms with Gasteiger partial charge in [-0.15, -0.1) is 0 Å². The van der Waals surface area contributed by atoms with E-state index in [1.54, 1.807) is 24.3 Å². The largest absolute Gasteiger partial charge is 0.481 e. The van der Waals surface area contributed by atoms with Gasteiger partial charge >= 0.3 is 5.97 Å². The van der Waals surface area contributed by atoms with Crippen LogP contribution in [0.1, 0.15) is 31.7 Å². The number of carboxylic acids is 1. The van der Waals surface area contributed by atoms with Crippen molar-refractivity contribution in [3.63, 3.8) is 0 Å². The summed E-state index contributed by atoms with van der Waals surface area (Å²) in [7, 11) is 0. The molecule has 0 saturated heterocycles. The molecule has 5 heteroatoms. The number of nitrogens with two attached hydrogens (primary N) is 1. The predicted octanol–water partition coefficient (Wildman–Crippen LogP) is 1.57. The number of carbonyl (C=O) groups excluding carboxylic acids is 1. The smallest absolute Gasteiger partial charge is 0.312 e. The zero-order chi connectivity index (χ0) is 14.9. The van der Waals surface area contributed by atoms with Gasteiger partial charge in [-0.25, -0.2) is 0 Å². The van der Waals surface area contributed by atoms with E-state index >= 15 is 0 Å². The van der Waals surface area contributed by atoms with E-state index in [9.17, 15) is 14.7 Å². The molecule has 0 radical (unpaired) electrons. The minimum absolute atomic E-state index is 0.166. The van der Waals surface area contributed by atoms with E-state index in [0.29, 0.717) is 23.6 Å². The summed E-state index contributed by atoms with van der Waals surface area (Å²) in [5.41, 5.74) is 7.29. The first-order chi connectivity index (χ1) is 9.41. The second-order valence-electron chi connectivity index (χ2n) is 5.63. The maximum absolute atomic E-state index is 12.4. The highest BCUT2D eigenvalue weighted by Crippen LogP contribution is 2.36. The Morgan fingerprint density at radius 1 is 1.40 bits per heavy atom. The van der Waals surface area contributed by atoms with E-state index in [4.69, 9.17) is 5.73 Å². The lowest BCUT2D eigenvalue weighted by Crippen LogP contribution is -2.44. The topological polar surface area (TPSA) is 83.6 Å². The number of fused-ring (bicyclic) bond motifs is 1. The van der Waals surface area contributed by atoms with Crippen LogP contribution in [0.5, 0.6) is 0 Å². The Labute approximate surface area is 118 Å². The van der Waals surface area contributed by atoms with Crippen molar-refractivity contribution in [2.45, 2.75) is 32.2 Å². The normalized spacial score (nSPS) is 19.0. The quantitative estimate of drug-likeness (QED) is 0.874. The highest BCUT2D eigenvalue weighted by molar-refractivity contribution is 6.01. The molecule has 0 aromatic heterocycles. The predicted molar refractivity (Wildman–Crippen MR) is 76.6 cm³/mol. The summed E-state index contributed by atoms with van der Waals surface area (Å²) in [6.07, 6.45) is 0.592. The first kappa shape index (κ1) is 14.5. The van der Waals surface area contributed by atoms with Crippen molar-refractivity contribution in [1.29, 1.82) is 0 Å². The molecule has 2 atom stereocenters. The van der Waals surface area contributed by atoms with E-state index < -0.39 is 17.9 Å². The van der Waals surface area contributed by atoms with Gasteiger partial charge in [-0.05, 0) is 24.0 Å². The van der Waals surface area contributed by atoms with Crippen LogP contribution in [-0.4, -0.2) is 29.6 Å². The van der Waals surface area contributed by atoms with Crippen molar-refractivity contribution in [2.24, 2.45) is 11.7 Å². The fourth-order valence-corrected chi connectivity index (χ4v) is 2.64. The maximum Gasteiger partial charge on any atom is 0.312 e. The number of rotatable bonds is 4. The van der Waals surface area contributed by atoms with Crippen molar-refractivity contribution in [1.82, 2.24) is 0 Å². The van der Waals surface area contributed by atoms with Gasteiger partial charge in [0, 0.05) is 12.2 Å². The molecule has 1 aromatic rings. The van der Waals surface area contributed by atoms with Crippen molar-refractivity contribution in [2.75, 3.05) is 11.4 Å². The fourth-order valence-electron chi connectivity index (χ4n) is 2.64. The molecular formula is C15H20N2O3. The van der Waals surface area contributed by atoms with Gasteiger partial charge in [-0.2, -0.15) is 0 Å². The van der Waals surface area contributed by atoms with E-state index in [2.05, 4.69) is 0 Å². The number of hydrogen-bond acceptors (Lipinski definition) is 3. The molecule has 0 bridgehead atoms. The number of benzene rings is 1. The Hall–Kier alpha value is -1.88. The van der Waals surface area contributed by atoms with E-state index in [0.717, 1.165) is 0 Å². The molecule has 1 aliphatic rings. The Kier molecular flexibility index (Phi) is 4.09. The Balaban J connectivity index is 2.26. The summed E-state index contributed by atoms with van der Waals surface area (Å²) in [6, 6.07) is 6.54. The molecule has 3 N–H and O–H groups in total. The molecule has 1 aromatic carbocycles. The van der Waals surface area contributed by atoms with Crippen LogP contribution in [-0.2, 0) is 9.59 Å². The minimum Gasteiger partial charge on any atom is -0.481 e. The summed E-state index contributed by atoms with van der Waals surface area (Å²) in [6.45, 7) is 4.18. The van der Waals surface area contributed by atoms with Gasteiger partial charge in [0.2, 0.25) is 5.91 Å². The summed E-state index contributed by atoms with van der Waals surface area (Å²) >= 11 is 0. The third-order valence-corrected chi connectivity index (χ3v) is 3.57. The molecule has 0 saturated carbocycles. The second-order valence-corrected chi connectivity index (χ2v) is 5.63. The SMILES string of the molecule is CC(C)C[C@H](N)C(=O)N1CC(C(=O)O)c2ccccc21. The van der Waals surface area contributed by atoms with Crippen molar-refractivity contribution in [3.05, 3.63) is 29.8 Å². The van der Waals surface area contributed by atoms with Crippen molar-refractivity contribution < 1.29 is 14.7 Å². The number of aliphatic carboxylic acids is 1. The molecule has 1 heterocycles. The van der Waals surface area contributed by atoms with Crippen LogP contribution in [0.15, 0.2) is 24.3 Å². The van der Waals surface area contributed by atoms with Gasteiger partial charge in [0.05, 0.1) is 6.04 Å². The van der Waals surface area contributed by atoms with Crippen LogP contribution in [0.25, 0.3) is 0 Å². The van der Waals surface area contributed by atoms with Crippen LogP contribution in [0.2, 0.25) is 0 Å². The molecule has 20 heavy (non-hydrogen) atoms. The summed E-state index contributed by atoms with van der Waals surface area (Å²) in [5.74, 6) is -1.46. The number of para-hydroxylation sites is 1. The van der Waals surface area contributed by atoms with Gasteiger partial charge in [0.15, 0.2) is 0 Å². The first-order valence-electron chi connectivity index (χ1n) is 6.80. The summed E-state index contributed by atoms with van der Waals surface area (Å²) < 4.78 is 0. The Bertz CT molecular complexity index is 528. The molecular weight excluding hydrogens is 256 g/mol. The third kappa shape index (κ3) is 2.67. The fraction of sp³-hybridized carbons (Fsp3) is 0.467. The zero-order valence-corrected chi connectivity index (χ0v) is 11.7. The average Bonchev–Trinajstić information content (AvgIpc) is 2.76. The van der Waals surface area contributed by atoms with E-state index in [1.165, 1.54) is 4.90 Å². The summed E-state index contributed by atoms with van der Waals surface area (Å²) in [4.78, 5) is 25.2. The molecule has 0 aliphatic carbocycles. The Morgan fingerprint density at radius 2 is 2.05 bits per heavy atom. The minimum atomic E-state index is -0.912. The molecule has 1 unspecified atom stereocenters. The third-order valence-electron chi connectivity index (χ3n) is 3.57. The van der Waals surface area contributed by atoms with E-state index in [-0.39, 0.29) is 12.5 Å². The second kappa shape index (κ2) is 5.63. The van der Waals surface area contributed by atoms with Crippen LogP contribution in [0.4, 0.5) is 5.69 Å². The van der Waals surface area contributed by atoms with Gasteiger partial charge in [0.1, 0.15) is 5.92 Å². The number of amides is 1. The number of carboxylic acid groups (broad SMARTS) is 1. The molecule has 1 amide bonds. The molecule has 2 rings (SSSR count). The summed E-state index contributed by atoms with van der Waals surface area (Å²) in [5, 5.41) is 9.27. The number of hydrogen-bond donors (Lipinski definition) is 2. The lowest BCUT2D eigenvalue weighted by molar-refractivity contribution is -0.138. The van der Waals surface area contributed by atoms with Gasteiger partial charge in [-0.1, -0.05) is 32.0 Å². The lowest BCUT2D eigenvalue weighted by Gasteiger charge is -2.22. The molecule has 0 fully saturated rings. The zero-order valence-electron chi connectivity index (χ0n) is 11.7. The van der Waals surface area contributed by atoms with Crippen LogP contribution in [0.3, 0.4) is 0 Å².